The SMILES string of the molecule is CC/C=C\C/C=C\C/C=C\C/C=C\C/C=C\C/C=C\CCCCCCCCCCCCCCCCCCCCCCCCC(=O)NC(COC1OC(CO)C(O)C(O)C1O)C(O)/C=C/CCCCCCCCCCCC. The van der Waals surface area contributed by atoms with Crippen LogP contribution in [0.5, 0.6) is 0 Å². The van der Waals surface area contributed by atoms with Crippen LogP contribution in [0.1, 0.15) is 277 Å². The molecule has 9 nitrogen and oxygen atoms in total. The quantitative estimate of drug-likeness (QED) is 0.0261. The summed E-state index contributed by atoms with van der Waals surface area (Å²) in [6.07, 6.45) is 72.6. The molecule has 0 aromatic rings. The molecule has 1 fully saturated rings. The molecule has 1 rings (SSSR count). The van der Waals surface area contributed by atoms with Gasteiger partial charge >= 0.3 is 0 Å². The van der Waals surface area contributed by atoms with E-state index in [1.54, 1.807) is 6.08 Å². The van der Waals surface area contributed by atoms with E-state index < -0.39 is 49.5 Å². The van der Waals surface area contributed by atoms with Crippen LogP contribution in [0.3, 0.4) is 0 Å². The third-order valence-electron chi connectivity index (χ3n) is 14.7. The lowest BCUT2D eigenvalue weighted by molar-refractivity contribution is -0.302. The Bertz CT molecular complexity index is 1470. The molecule has 1 amide bonds. The second-order valence-electron chi connectivity index (χ2n) is 21.8. The Kier molecular flexibility index (Phi) is 52.3. The smallest absolute Gasteiger partial charge is 0.220 e. The molecule has 1 aliphatic rings. The maximum atomic E-state index is 13.0. The fourth-order valence-electron chi connectivity index (χ4n) is 9.75. The van der Waals surface area contributed by atoms with Crippen LogP contribution in [0.4, 0.5) is 0 Å². The Labute approximate surface area is 467 Å². The predicted octanol–water partition coefficient (Wildman–Crippen LogP) is 16.6. The molecular weight excluding hydrogens is 947 g/mol. The van der Waals surface area contributed by atoms with Crippen molar-refractivity contribution in [2.45, 2.75) is 320 Å². The Morgan fingerprint density at radius 1 is 0.461 bits per heavy atom. The second kappa shape index (κ2) is 55.7. The van der Waals surface area contributed by atoms with Crippen molar-refractivity contribution in [3.63, 3.8) is 0 Å². The zero-order chi connectivity index (χ0) is 55.0. The normalized spacial score (nSPS) is 19.4. The number of carbonyl (C=O) groups is 1. The zero-order valence-corrected chi connectivity index (χ0v) is 49.0. The first-order chi connectivity index (χ1) is 37.3. The lowest BCUT2D eigenvalue weighted by Gasteiger charge is -2.40. The molecular formula is C67H119NO8. The van der Waals surface area contributed by atoms with Gasteiger partial charge in [-0.3, -0.25) is 4.79 Å². The summed E-state index contributed by atoms with van der Waals surface area (Å²) in [4.78, 5) is 13.0. The first-order valence-corrected chi connectivity index (χ1v) is 31.8. The van der Waals surface area contributed by atoms with Gasteiger partial charge in [0.2, 0.25) is 5.91 Å². The maximum Gasteiger partial charge on any atom is 0.220 e. The molecule has 7 unspecified atom stereocenters. The Hall–Kier alpha value is -2.63. The van der Waals surface area contributed by atoms with Crippen LogP contribution in [0.15, 0.2) is 85.1 Å². The molecule has 0 saturated carbocycles. The Morgan fingerprint density at radius 2 is 0.816 bits per heavy atom. The van der Waals surface area contributed by atoms with Crippen molar-refractivity contribution in [1.82, 2.24) is 5.32 Å². The summed E-state index contributed by atoms with van der Waals surface area (Å²) >= 11 is 0. The van der Waals surface area contributed by atoms with Gasteiger partial charge in [0.05, 0.1) is 25.4 Å². The number of allylic oxidation sites excluding steroid dienone is 13. The molecule has 76 heavy (non-hydrogen) atoms. The molecule has 1 aliphatic heterocycles. The molecule has 0 aromatic carbocycles. The third kappa shape index (κ3) is 44.2. The summed E-state index contributed by atoms with van der Waals surface area (Å²) in [5, 5.41) is 54.4. The number of unbranched alkanes of at least 4 members (excludes halogenated alkanes) is 32. The summed E-state index contributed by atoms with van der Waals surface area (Å²) in [5.41, 5.74) is 0. The third-order valence-corrected chi connectivity index (χ3v) is 14.7. The van der Waals surface area contributed by atoms with Gasteiger partial charge in [-0.05, 0) is 70.6 Å². The van der Waals surface area contributed by atoms with Crippen molar-refractivity contribution in [2.24, 2.45) is 0 Å². The van der Waals surface area contributed by atoms with Crippen molar-refractivity contribution in [3.05, 3.63) is 85.1 Å². The lowest BCUT2D eigenvalue weighted by Crippen LogP contribution is -2.60. The van der Waals surface area contributed by atoms with Crippen molar-refractivity contribution in [2.75, 3.05) is 13.2 Å². The number of amides is 1. The highest BCUT2D eigenvalue weighted by molar-refractivity contribution is 5.76. The minimum absolute atomic E-state index is 0.176. The molecule has 0 radical (unpaired) electrons. The van der Waals surface area contributed by atoms with Gasteiger partial charge in [-0.1, -0.05) is 285 Å². The van der Waals surface area contributed by atoms with Gasteiger partial charge in [0, 0.05) is 6.42 Å². The highest BCUT2D eigenvalue weighted by atomic mass is 16.7. The first kappa shape index (κ1) is 71.4. The molecule has 0 spiro atoms. The molecule has 6 N–H and O–H groups in total. The van der Waals surface area contributed by atoms with Crippen LogP contribution in [0.25, 0.3) is 0 Å². The highest BCUT2D eigenvalue weighted by Gasteiger charge is 2.44. The summed E-state index contributed by atoms with van der Waals surface area (Å²) in [6, 6.07) is -0.805. The van der Waals surface area contributed by atoms with Gasteiger partial charge in [-0.25, -0.2) is 0 Å². The zero-order valence-electron chi connectivity index (χ0n) is 49.0. The van der Waals surface area contributed by atoms with E-state index in [2.05, 4.69) is 92.1 Å². The fourth-order valence-corrected chi connectivity index (χ4v) is 9.75. The number of rotatable bonds is 54. The summed E-state index contributed by atoms with van der Waals surface area (Å²) in [6.45, 7) is 3.66. The minimum atomic E-state index is -1.57. The van der Waals surface area contributed by atoms with Crippen molar-refractivity contribution >= 4 is 5.91 Å². The van der Waals surface area contributed by atoms with E-state index in [1.165, 1.54) is 180 Å². The molecule has 7 atom stereocenters. The van der Waals surface area contributed by atoms with E-state index in [4.69, 9.17) is 9.47 Å². The van der Waals surface area contributed by atoms with Crippen LogP contribution < -0.4 is 5.32 Å². The van der Waals surface area contributed by atoms with Crippen molar-refractivity contribution in [1.29, 1.82) is 0 Å². The largest absolute Gasteiger partial charge is 0.394 e. The highest BCUT2D eigenvalue weighted by Crippen LogP contribution is 2.23. The van der Waals surface area contributed by atoms with E-state index in [0.717, 1.165) is 77.0 Å². The molecule has 1 saturated heterocycles. The number of hydrogen-bond donors (Lipinski definition) is 6. The molecule has 9 heteroatoms. The second-order valence-corrected chi connectivity index (χ2v) is 21.8. The molecule has 0 aromatic heterocycles. The van der Waals surface area contributed by atoms with E-state index in [9.17, 15) is 30.3 Å². The molecule has 1 heterocycles. The standard InChI is InChI=1S/C67H119NO8/c1-3-5-7-9-11-13-15-17-18-19-20-21-22-23-24-25-26-27-28-29-30-31-32-33-34-35-36-37-38-39-40-41-42-43-44-45-47-49-51-53-55-57-63(71)68-60(59-75-67-66(74)65(73)64(72)62(58-69)76-67)61(70)56-54-52-50-48-46-16-14-12-10-8-6-4-2/h5,7,11,13,17-18,20-21,23-24,26-27,54,56,60-62,64-67,69-70,72-74H,3-4,6,8-10,12,14-16,19,22,25,28-53,55,57-59H2,1-2H3,(H,68,71)/b7-5-,13-11-,18-17-,21-20-,24-23-,27-26-,56-54+. The number of ether oxygens (including phenoxy) is 2. The van der Waals surface area contributed by atoms with Crippen LogP contribution in [-0.4, -0.2) is 87.5 Å². The van der Waals surface area contributed by atoms with Crippen LogP contribution >= 0.6 is 0 Å². The number of nitrogens with one attached hydrogen (secondary N) is 1. The molecule has 0 aliphatic carbocycles. The van der Waals surface area contributed by atoms with E-state index in [-0.39, 0.29) is 12.5 Å². The predicted molar refractivity (Wildman–Crippen MR) is 322 cm³/mol. The fraction of sp³-hybridized carbons (Fsp3) is 0.776. The number of aliphatic hydroxyl groups is 5. The Balaban J connectivity index is 2.03. The number of aliphatic hydroxyl groups excluding tert-OH is 5. The lowest BCUT2D eigenvalue weighted by atomic mass is 9.99. The van der Waals surface area contributed by atoms with Gasteiger partial charge in [0.15, 0.2) is 6.29 Å². The van der Waals surface area contributed by atoms with Gasteiger partial charge < -0.3 is 40.3 Å². The topological polar surface area (TPSA) is 149 Å². The van der Waals surface area contributed by atoms with E-state index >= 15 is 0 Å². The summed E-state index contributed by atoms with van der Waals surface area (Å²) in [5.74, 6) is -0.176. The van der Waals surface area contributed by atoms with Gasteiger partial charge in [0.25, 0.3) is 0 Å². The van der Waals surface area contributed by atoms with Crippen molar-refractivity contribution in [3.8, 4) is 0 Å². The van der Waals surface area contributed by atoms with Gasteiger partial charge in [0.1, 0.15) is 24.4 Å². The van der Waals surface area contributed by atoms with E-state index in [1.807, 2.05) is 6.08 Å². The van der Waals surface area contributed by atoms with Gasteiger partial charge in [-0.15, -0.1) is 0 Å². The van der Waals surface area contributed by atoms with Crippen LogP contribution in [0, 0.1) is 0 Å². The average Bonchev–Trinajstić information content (AvgIpc) is 3.42. The van der Waals surface area contributed by atoms with E-state index in [0.29, 0.717) is 6.42 Å². The minimum Gasteiger partial charge on any atom is -0.394 e. The van der Waals surface area contributed by atoms with Crippen LogP contribution in [-0.2, 0) is 14.3 Å². The maximum absolute atomic E-state index is 13.0. The average molecular weight is 1070 g/mol. The Morgan fingerprint density at radius 3 is 1.21 bits per heavy atom. The number of carbonyl (C=O) groups excluding carboxylic acids is 1. The number of hydrogen-bond acceptors (Lipinski definition) is 8. The summed E-state index contributed by atoms with van der Waals surface area (Å²) in [7, 11) is 0. The van der Waals surface area contributed by atoms with Crippen LogP contribution in [0.2, 0.25) is 0 Å². The monoisotopic (exact) mass is 1070 g/mol. The molecule has 440 valence electrons. The first-order valence-electron chi connectivity index (χ1n) is 31.8. The van der Waals surface area contributed by atoms with Crippen molar-refractivity contribution < 1.29 is 39.8 Å². The summed E-state index contributed by atoms with van der Waals surface area (Å²) < 4.78 is 11.3. The molecule has 0 bridgehead atoms. The van der Waals surface area contributed by atoms with Gasteiger partial charge in [-0.2, -0.15) is 0 Å².